The highest BCUT2D eigenvalue weighted by molar-refractivity contribution is 14.1. The van der Waals surface area contributed by atoms with Crippen LogP contribution < -0.4 is 9.47 Å². The summed E-state index contributed by atoms with van der Waals surface area (Å²) in [6.07, 6.45) is 0.988. The lowest BCUT2D eigenvalue weighted by Crippen LogP contribution is -2.32. The molecule has 24 heavy (non-hydrogen) atoms. The minimum atomic E-state index is 0.0459. The van der Waals surface area contributed by atoms with E-state index in [1.807, 2.05) is 41.3 Å². The lowest BCUT2D eigenvalue weighted by atomic mass is 9.98. The number of amides is 1. The molecule has 0 aliphatic carbocycles. The molecule has 4 nitrogen and oxygen atoms in total. The van der Waals surface area contributed by atoms with Crippen molar-refractivity contribution in [3.05, 3.63) is 57.7 Å². The van der Waals surface area contributed by atoms with E-state index in [4.69, 9.17) is 9.47 Å². The summed E-state index contributed by atoms with van der Waals surface area (Å²) in [5.74, 6) is 2.02. The number of methoxy groups -OCH3 is 1. The summed E-state index contributed by atoms with van der Waals surface area (Å²) in [5, 5.41) is 0. The van der Waals surface area contributed by atoms with Gasteiger partial charge in [-0.05, 0) is 71.0 Å². The van der Waals surface area contributed by atoms with E-state index in [9.17, 15) is 4.79 Å². The molecular weight excluding hydrogens is 417 g/mol. The monoisotopic (exact) mass is 437 g/mol. The Balaban J connectivity index is 1.52. The summed E-state index contributed by atoms with van der Waals surface area (Å²) < 4.78 is 11.9. The molecule has 1 fully saturated rings. The van der Waals surface area contributed by atoms with Crippen molar-refractivity contribution in [2.24, 2.45) is 0 Å². The Labute approximate surface area is 155 Å². The highest BCUT2D eigenvalue weighted by atomic mass is 127. The molecule has 2 aromatic rings. The van der Waals surface area contributed by atoms with E-state index in [0.717, 1.165) is 34.6 Å². The first kappa shape index (κ1) is 17.1. The number of ether oxygens (including phenoxy) is 2. The first-order chi connectivity index (χ1) is 11.7. The molecule has 2 aromatic carbocycles. The van der Waals surface area contributed by atoms with Gasteiger partial charge in [-0.3, -0.25) is 4.79 Å². The number of rotatable bonds is 5. The van der Waals surface area contributed by atoms with Gasteiger partial charge in [0.25, 0.3) is 5.91 Å². The van der Waals surface area contributed by atoms with Crippen molar-refractivity contribution >= 4 is 28.5 Å². The Morgan fingerprint density at radius 2 is 1.79 bits per heavy atom. The molecule has 3 rings (SSSR count). The summed E-state index contributed by atoms with van der Waals surface area (Å²) >= 11 is 2.24. The zero-order valence-corrected chi connectivity index (χ0v) is 15.7. The molecule has 0 bridgehead atoms. The summed E-state index contributed by atoms with van der Waals surface area (Å²) in [6.45, 7) is 1.63. The molecule has 1 aliphatic rings. The van der Waals surface area contributed by atoms with E-state index in [1.165, 1.54) is 5.56 Å². The maximum absolute atomic E-state index is 12.3. The molecule has 0 N–H and O–H groups in total. The molecule has 1 aliphatic heterocycles. The maximum Gasteiger partial charge on any atom is 0.260 e. The molecule has 1 heterocycles. The second-order valence-electron chi connectivity index (χ2n) is 5.84. The van der Waals surface area contributed by atoms with Gasteiger partial charge in [0.1, 0.15) is 11.5 Å². The van der Waals surface area contributed by atoms with Crippen molar-refractivity contribution in [2.45, 2.75) is 12.3 Å². The van der Waals surface area contributed by atoms with Crippen LogP contribution in [-0.4, -0.2) is 37.6 Å². The lowest BCUT2D eigenvalue weighted by Gasteiger charge is -2.17. The van der Waals surface area contributed by atoms with Gasteiger partial charge < -0.3 is 14.4 Å². The molecule has 1 amide bonds. The molecule has 0 radical (unpaired) electrons. The topological polar surface area (TPSA) is 38.8 Å². The number of likely N-dealkylation sites (tertiary alicyclic amines) is 1. The van der Waals surface area contributed by atoms with Crippen molar-refractivity contribution in [1.82, 2.24) is 4.90 Å². The maximum atomic E-state index is 12.3. The van der Waals surface area contributed by atoms with Gasteiger partial charge in [0, 0.05) is 22.6 Å². The number of carbonyl (C=O) groups excluding carboxylic acids is 1. The van der Waals surface area contributed by atoms with Crippen LogP contribution in [0.4, 0.5) is 0 Å². The van der Waals surface area contributed by atoms with Crippen LogP contribution in [0.15, 0.2) is 48.5 Å². The van der Waals surface area contributed by atoms with Gasteiger partial charge in [0.15, 0.2) is 6.61 Å². The first-order valence-electron chi connectivity index (χ1n) is 7.96. The van der Waals surface area contributed by atoms with Crippen LogP contribution in [0.5, 0.6) is 11.5 Å². The standard InChI is InChI=1S/C19H20INO3/c1-23-17-6-2-14(3-7-17)15-10-11-21(12-15)19(22)13-24-18-8-4-16(20)5-9-18/h2-9,15H,10-13H2,1H3. The number of hydrogen-bond acceptors (Lipinski definition) is 3. The zero-order valence-electron chi connectivity index (χ0n) is 13.6. The van der Waals surface area contributed by atoms with Crippen LogP contribution >= 0.6 is 22.6 Å². The van der Waals surface area contributed by atoms with E-state index in [1.54, 1.807) is 7.11 Å². The van der Waals surface area contributed by atoms with Crippen molar-refractivity contribution in [3.8, 4) is 11.5 Å². The van der Waals surface area contributed by atoms with Crippen LogP contribution in [0.1, 0.15) is 17.9 Å². The van der Waals surface area contributed by atoms with Gasteiger partial charge in [-0.25, -0.2) is 0 Å². The van der Waals surface area contributed by atoms with Gasteiger partial charge in [-0.15, -0.1) is 0 Å². The third-order valence-electron chi connectivity index (χ3n) is 4.30. The number of hydrogen-bond donors (Lipinski definition) is 0. The van der Waals surface area contributed by atoms with E-state index < -0.39 is 0 Å². The highest BCUT2D eigenvalue weighted by Gasteiger charge is 2.27. The minimum absolute atomic E-state index is 0.0459. The molecule has 126 valence electrons. The number of nitrogens with zero attached hydrogens (tertiary/aromatic N) is 1. The molecule has 0 saturated carbocycles. The van der Waals surface area contributed by atoms with Gasteiger partial charge in [0.2, 0.25) is 0 Å². The van der Waals surface area contributed by atoms with E-state index >= 15 is 0 Å². The average molecular weight is 437 g/mol. The Morgan fingerprint density at radius 3 is 2.46 bits per heavy atom. The van der Waals surface area contributed by atoms with E-state index in [2.05, 4.69) is 34.7 Å². The Bertz CT molecular complexity index is 685. The summed E-state index contributed by atoms with van der Waals surface area (Å²) in [4.78, 5) is 14.2. The van der Waals surface area contributed by atoms with Crippen molar-refractivity contribution < 1.29 is 14.3 Å². The summed E-state index contributed by atoms with van der Waals surface area (Å²) in [5.41, 5.74) is 1.25. The van der Waals surface area contributed by atoms with Crippen LogP contribution in [0, 0.1) is 3.57 Å². The summed E-state index contributed by atoms with van der Waals surface area (Å²) in [6, 6.07) is 15.8. The van der Waals surface area contributed by atoms with E-state index in [0.29, 0.717) is 5.92 Å². The number of benzene rings is 2. The van der Waals surface area contributed by atoms with Gasteiger partial charge in [0.05, 0.1) is 7.11 Å². The number of halogens is 1. The van der Waals surface area contributed by atoms with E-state index in [-0.39, 0.29) is 12.5 Å². The van der Waals surface area contributed by atoms with Gasteiger partial charge in [-0.2, -0.15) is 0 Å². The van der Waals surface area contributed by atoms with Gasteiger partial charge >= 0.3 is 0 Å². The van der Waals surface area contributed by atoms with Crippen molar-refractivity contribution in [2.75, 3.05) is 26.8 Å². The second-order valence-corrected chi connectivity index (χ2v) is 7.09. The second kappa shape index (κ2) is 7.88. The third-order valence-corrected chi connectivity index (χ3v) is 5.02. The van der Waals surface area contributed by atoms with Crippen molar-refractivity contribution in [1.29, 1.82) is 0 Å². The van der Waals surface area contributed by atoms with Crippen LogP contribution in [0.25, 0.3) is 0 Å². The Morgan fingerprint density at radius 1 is 1.12 bits per heavy atom. The molecular formula is C19H20INO3. The molecule has 1 saturated heterocycles. The van der Waals surface area contributed by atoms with Crippen LogP contribution in [-0.2, 0) is 4.79 Å². The Kier molecular flexibility index (Phi) is 5.60. The zero-order chi connectivity index (χ0) is 16.9. The SMILES string of the molecule is COc1ccc(C2CCN(C(=O)COc3ccc(I)cc3)C2)cc1. The fourth-order valence-corrected chi connectivity index (χ4v) is 3.26. The average Bonchev–Trinajstić information content (AvgIpc) is 3.11. The normalized spacial score (nSPS) is 16.9. The molecule has 5 heteroatoms. The lowest BCUT2D eigenvalue weighted by molar-refractivity contribution is -0.132. The van der Waals surface area contributed by atoms with Crippen molar-refractivity contribution in [3.63, 3.8) is 0 Å². The first-order valence-corrected chi connectivity index (χ1v) is 9.03. The number of carbonyl (C=O) groups is 1. The predicted molar refractivity (Wildman–Crippen MR) is 102 cm³/mol. The van der Waals surface area contributed by atoms with Gasteiger partial charge in [-0.1, -0.05) is 12.1 Å². The fourth-order valence-electron chi connectivity index (χ4n) is 2.90. The van der Waals surface area contributed by atoms with Crippen LogP contribution in [0.2, 0.25) is 0 Å². The summed E-state index contributed by atoms with van der Waals surface area (Å²) in [7, 11) is 1.67. The molecule has 0 spiro atoms. The largest absolute Gasteiger partial charge is 0.497 e. The highest BCUT2D eigenvalue weighted by Crippen LogP contribution is 2.28. The molecule has 0 aromatic heterocycles. The molecule has 1 unspecified atom stereocenters. The third kappa shape index (κ3) is 4.20. The van der Waals surface area contributed by atoms with Crippen LogP contribution in [0.3, 0.4) is 0 Å². The fraction of sp³-hybridized carbons (Fsp3) is 0.316. The quantitative estimate of drug-likeness (QED) is 0.670. The Hall–Kier alpha value is -1.76. The smallest absolute Gasteiger partial charge is 0.260 e. The molecule has 1 atom stereocenters. The predicted octanol–water partition coefficient (Wildman–Crippen LogP) is 3.69. The minimum Gasteiger partial charge on any atom is -0.497 e.